The average Bonchev–Trinajstić information content (AvgIpc) is 2.81. The fraction of sp³-hybridized carbons (Fsp3) is 0.667. The van der Waals surface area contributed by atoms with E-state index in [4.69, 9.17) is 9.47 Å². The lowest BCUT2D eigenvalue weighted by molar-refractivity contribution is 0.169. The highest BCUT2D eigenvalue weighted by atomic mass is 16.6. The molecule has 1 N–H and O–H groups in total. The van der Waals surface area contributed by atoms with Crippen LogP contribution >= 0.6 is 0 Å². The topological polar surface area (TPSA) is 33.7 Å². The van der Waals surface area contributed by atoms with Gasteiger partial charge in [-0.3, -0.25) is 0 Å². The number of fused-ring (bicyclic) bond motifs is 1. The lowest BCUT2D eigenvalue weighted by Gasteiger charge is -2.29. The number of benzene rings is 1. The molecule has 0 amide bonds. The minimum Gasteiger partial charge on any atom is -0.486 e. The maximum absolute atomic E-state index is 5.96. The van der Waals surface area contributed by atoms with Gasteiger partial charge in [-0.2, -0.15) is 0 Å². The first-order valence-corrected chi connectivity index (χ1v) is 8.65. The Kier molecular flexibility index (Phi) is 5.08. The lowest BCUT2D eigenvalue weighted by Crippen LogP contribution is -2.29. The van der Waals surface area contributed by atoms with E-state index in [-0.39, 0.29) is 0 Å². The molecule has 0 unspecified atom stereocenters. The summed E-state index contributed by atoms with van der Waals surface area (Å²) in [7, 11) is 0. The number of nitrogens with zero attached hydrogens (tertiary/aromatic N) is 1. The third-order valence-electron chi connectivity index (χ3n) is 4.42. The van der Waals surface area contributed by atoms with Crippen molar-refractivity contribution in [3.8, 4) is 11.5 Å². The zero-order chi connectivity index (χ0) is 15.4. The minimum absolute atomic E-state index is 0.456. The Hall–Kier alpha value is -1.42. The normalized spacial score (nSPS) is 18.4. The van der Waals surface area contributed by atoms with E-state index in [1.165, 1.54) is 36.9 Å². The summed E-state index contributed by atoms with van der Waals surface area (Å²) < 4.78 is 11.7. The van der Waals surface area contributed by atoms with Crippen molar-refractivity contribution in [2.75, 3.05) is 31.2 Å². The predicted octanol–water partition coefficient (Wildman–Crippen LogP) is 3.34. The van der Waals surface area contributed by atoms with Crippen LogP contribution in [0.4, 0.5) is 5.69 Å². The van der Waals surface area contributed by atoms with E-state index in [0.717, 1.165) is 31.1 Å². The SMILES string of the molecule is CC(C)NCc1c(N2CCCCCC2)ccc2c1OCCO2. The molecule has 2 heterocycles. The molecule has 1 aromatic rings. The second-order valence-corrected chi connectivity index (χ2v) is 6.52. The van der Waals surface area contributed by atoms with Gasteiger partial charge >= 0.3 is 0 Å². The molecule has 0 atom stereocenters. The molecule has 22 heavy (non-hydrogen) atoms. The first-order valence-electron chi connectivity index (χ1n) is 8.65. The number of hydrogen-bond acceptors (Lipinski definition) is 4. The molecule has 4 heteroatoms. The number of anilines is 1. The molecular weight excluding hydrogens is 276 g/mol. The molecule has 1 aromatic carbocycles. The summed E-state index contributed by atoms with van der Waals surface area (Å²) >= 11 is 0. The molecular formula is C18H28N2O2. The summed E-state index contributed by atoms with van der Waals surface area (Å²) in [6.07, 6.45) is 5.26. The van der Waals surface area contributed by atoms with Crippen LogP contribution in [0.3, 0.4) is 0 Å². The fourth-order valence-electron chi connectivity index (χ4n) is 3.25. The summed E-state index contributed by atoms with van der Waals surface area (Å²) in [6, 6.07) is 4.75. The van der Waals surface area contributed by atoms with Gasteiger partial charge in [0, 0.05) is 36.9 Å². The summed E-state index contributed by atoms with van der Waals surface area (Å²) in [6.45, 7) is 8.77. The molecule has 0 bridgehead atoms. The zero-order valence-electron chi connectivity index (χ0n) is 13.9. The van der Waals surface area contributed by atoms with E-state index in [1.54, 1.807) is 0 Å². The number of ether oxygens (including phenoxy) is 2. The molecule has 0 radical (unpaired) electrons. The second-order valence-electron chi connectivity index (χ2n) is 6.52. The number of rotatable bonds is 4. The van der Waals surface area contributed by atoms with Crippen molar-refractivity contribution in [3.63, 3.8) is 0 Å². The molecule has 2 aliphatic rings. The van der Waals surface area contributed by atoms with E-state index in [1.807, 2.05) is 0 Å². The summed E-state index contributed by atoms with van der Waals surface area (Å²) in [5, 5.41) is 3.54. The Morgan fingerprint density at radius 2 is 1.77 bits per heavy atom. The van der Waals surface area contributed by atoms with Crippen LogP contribution in [0.5, 0.6) is 11.5 Å². The molecule has 3 rings (SSSR count). The molecule has 2 aliphatic heterocycles. The minimum atomic E-state index is 0.456. The van der Waals surface area contributed by atoms with Crippen LogP contribution in [-0.4, -0.2) is 32.3 Å². The highest BCUT2D eigenvalue weighted by Crippen LogP contribution is 2.40. The Balaban J connectivity index is 1.92. The molecule has 0 spiro atoms. The Labute approximate surface area is 133 Å². The van der Waals surface area contributed by atoms with Crippen molar-refractivity contribution in [2.45, 2.75) is 52.1 Å². The van der Waals surface area contributed by atoms with E-state index in [9.17, 15) is 0 Å². The third kappa shape index (κ3) is 3.49. The van der Waals surface area contributed by atoms with Gasteiger partial charge in [-0.05, 0) is 25.0 Å². The summed E-state index contributed by atoms with van der Waals surface area (Å²) in [5.74, 6) is 1.84. The Bertz CT molecular complexity index is 494. The van der Waals surface area contributed by atoms with Crippen LogP contribution in [0.1, 0.15) is 45.1 Å². The average molecular weight is 304 g/mol. The molecule has 0 saturated carbocycles. The van der Waals surface area contributed by atoms with Gasteiger partial charge in [-0.1, -0.05) is 26.7 Å². The number of nitrogens with one attached hydrogen (secondary N) is 1. The summed E-state index contributed by atoms with van der Waals surface area (Å²) in [5.41, 5.74) is 2.58. The van der Waals surface area contributed by atoms with Crippen LogP contribution < -0.4 is 19.7 Å². The largest absolute Gasteiger partial charge is 0.486 e. The zero-order valence-corrected chi connectivity index (χ0v) is 13.9. The van der Waals surface area contributed by atoms with Crippen molar-refractivity contribution in [2.24, 2.45) is 0 Å². The number of hydrogen-bond donors (Lipinski definition) is 1. The van der Waals surface area contributed by atoms with E-state index >= 15 is 0 Å². The predicted molar refractivity (Wildman–Crippen MR) is 90.1 cm³/mol. The maximum atomic E-state index is 5.96. The fourth-order valence-corrected chi connectivity index (χ4v) is 3.25. The van der Waals surface area contributed by atoms with Gasteiger partial charge in [0.1, 0.15) is 13.2 Å². The first-order chi connectivity index (χ1) is 10.8. The van der Waals surface area contributed by atoms with Crippen molar-refractivity contribution in [3.05, 3.63) is 17.7 Å². The first kappa shape index (κ1) is 15.5. The van der Waals surface area contributed by atoms with Crippen molar-refractivity contribution < 1.29 is 9.47 Å². The molecule has 122 valence electrons. The molecule has 0 aliphatic carbocycles. The van der Waals surface area contributed by atoms with Crippen LogP contribution in [-0.2, 0) is 6.54 Å². The lowest BCUT2D eigenvalue weighted by atomic mass is 10.1. The summed E-state index contributed by atoms with van der Waals surface area (Å²) in [4.78, 5) is 2.53. The van der Waals surface area contributed by atoms with E-state index in [2.05, 4.69) is 36.2 Å². The van der Waals surface area contributed by atoms with Crippen LogP contribution in [0, 0.1) is 0 Å². The highest BCUT2D eigenvalue weighted by Gasteiger charge is 2.22. The van der Waals surface area contributed by atoms with Crippen molar-refractivity contribution in [1.82, 2.24) is 5.32 Å². The highest BCUT2D eigenvalue weighted by molar-refractivity contribution is 5.64. The van der Waals surface area contributed by atoms with Gasteiger partial charge in [0.25, 0.3) is 0 Å². The van der Waals surface area contributed by atoms with E-state index in [0.29, 0.717) is 19.3 Å². The van der Waals surface area contributed by atoms with Gasteiger partial charge in [-0.25, -0.2) is 0 Å². The molecule has 1 saturated heterocycles. The Morgan fingerprint density at radius 3 is 2.50 bits per heavy atom. The van der Waals surface area contributed by atoms with Gasteiger partial charge in [0.05, 0.1) is 0 Å². The van der Waals surface area contributed by atoms with Gasteiger partial charge in [0.2, 0.25) is 0 Å². The molecule has 0 aromatic heterocycles. The third-order valence-corrected chi connectivity index (χ3v) is 4.42. The smallest absolute Gasteiger partial charge is 0.167 e. The molecule has 1 fully saturated rings. The Morgan fingerprint density at radius 1 is 1.05 bits per heavy atom. The molecule has 4 nitrogen and oxygen atoms in total. The van der Waals surface area contributed by atoms with Crippen LogP contribution in [0.25, 0.3) is 0 Å². The van der Waals surface area contributed by atoms with Crippen molar-refractivity contribution >= 4 is 5.69 Å². The van der Waals surface area contributed by atoms with Gasteiger partial charge in [-0.15, -0.1) is 0 Å². The second kappa shape index (κ2) is 7.23. The maximum Gasteiger partial charge on any atom is 0.167 e. The monoisotopic (exact) mass is 304 g/mol. The standard InChI is InChI=1S/C18H28N2O2/c1-14(2)19-13-15-16(20-9-5-3-4-6-10-20)7-8-17-18(15)22-12-11-21-17/h7-8,14,19H,3-6,9-13H2,1-2H3. The van der Waals surface area contributed by atoms with Gasteiger partial charge in [0.15, 0.2) is 11.5 Å². The van der Waals surface area contributed by atoms with E-state index < -0.39 is 0 Å². The quantitative estimate of drug-likeness (QED) is 0.925. The van der Waals surface area contributed by atoms with Gasteiger partial charge < -0.3 is 19.7 Å². The van der Waals surface area contributed by atoms with Crippen LogP contribution in [0.15, 0.2) is 12.1 Å². The van der Waals surface area contributed by atoms with Crippen molar-refractivity contribution in [1.29, 1.82) is 0 Å². The van der Waals surface area contributed by atoms with Crippen LogP contribution in [0.2, 0.25) is 0 Å².